The van der Waals surface area contributed by atoms with Crippen LogP contribution in [0.2, 0.25) is 0 Å². The van der Waals surface area contributed by atoms with Crippen LogP contribution in [-0.2, 0) is 5.41 Å². The van der Waals surface area contributed by atoms with E-state index in [0.29, 0.717) is 5.92 Å². The average molecular weight is 457 g/mol. The summed E-state index contributed by atoms with van der Waals surface area (Å²) in [6, 6.07) is 26.7. The first-order chi connectivity index (χ1) is 16.8. The number of rotatable bonds is 3. The van der Waals surface area contributed by atoms with E-state index in [9.17, 15) is 0 Å². The van der Waals surface area contributed by atoms with Gasteiger partial charge in [0.05, 0.1) is 11.4 Å². The van der Waals surface area contributed by atoms with Crippen molar-refractivity contribution in [2.24, 2.45) is 0 Å². The molecule has 0 bridgehead atoms. The van der Waals surface area contributed by atoms with Crippen LogP contribution in [0.1, 0.15) is 76.0 Å². The largest absolute Gasteiger partial charge is 0.236 e. The minimum Gasteiger partial charge on any atom is -0.236 e. The lowest BCUT2D eigenvalue weighted by Gasteiger charge is -2.22. The molecule has 0 N–H and O–H groups in total. The molecular formula is C33H32N2. The van der Waals surface area contributed by atoms with Gasteiger partial charge in [-0.3, -0.25) is 0 Å². The molecule has 2 nitrogen and oxygen atoms in total. The second-order valence-corrected chi connectivity index (χ2v) is 11.0. The van der Waals surface area contributed by atoms with Gasteiger partial charge in [-0.2, -0.15) is 0 Å². The third-order valence-electron chi connectivity index (χ3n) is 7.72. The summed E-state index contributed by atoms with van der Waals surface area (Å²) < 4.78 is 0. The van der Waals surface area contributed by atoms with Gasteiger partial charge in [0.2, 0.25) is 0 Å². The molecule has 1 heterocycles. The first-order valence-electron chi connectivity index (χ1n) is 12.8. The van der Waals surface area contributed by atoms with Gasteiger partial charge in [0, 0.05) is 22.5 Å². The van der Waals surface area contributed by atoms with E-state index in [1.165, 1.54) is 49.4 Å². The summed E-state index contributed by atoms with van der Waals surface area (Å²) in [5.74, 6) is 1.62. The monoisotopic (exact) mass is 456 g/mol. The maximum Gasteiger partial charge on any atom is 0.131 e. The van der Waals surface area contributed by atoms with Crippen LogP contribution < -0.4 is 0 Å². The highest BCUT2D eigenvalue weighted by atomic mass is 14.9. The fraction of sp³-hybridized carbons (Fsp3) is 0.273. The Morgan fingerprint density at radius 1 is 0.629 bits per heavy atom. The summed E-state index contributed by atoms with van der Waals surface area (Å²) in [5.41, 5.74) is 8.43. The van der Waals surface area contributed by atoms with E-state index in [4.69, 9.17) is 9.97 Å². The molecule has 0 unspecified atom stereocenters. The zero-order chi connectivity index (χ0) is 24.5. The number of hydrogen-bond donors (Lipinski definition) is 0. The van der Waals surface area contributed by atoms with Crippen LogP contribution in [0.4, 0.5) is 0 Å². The Morgan fingerprint density at radius 3 is 2.03 bits per heavy atom. The van der Waals surface area contributed by atoms with Crippen molar-refractivity contribution >= 4 is 21.5 Å². The van der Waals surface area contributed by atoms with Crippen LogP contribution in [0.25, 0.3) is 43.9 Å². The van der Waals surface area contributed by atoms with Crippen LogP contribution in [0.3, 0.4) is 0 Å². The first-order valence-corrected chi connectivity index (χ1v) is 12.8. The van der Waals surface area contributed by atoms with Crippen molar-refractivity contribution in [1.82, 2.24) is 9.97 Å². The van der Waals surface area contributed by atoms with Crippen molar-refractivity contribution < 1.29 is 0 Å². The van der Waals surface area contributed by atoms with Gasteiger partial charge in [-0.15, -0.1) is 0 Å². The number of hydrogen-bond acceptors (Lipinski definition) is 2. The molecule has 1 aliphatic carbocycles. The summed E-state index contributed by atoms with van der Waals surface area (Å²) in [6.07, 6.45) is 0. The molecule has 0 spiro atoms. The molecule has 174 valence electrons. The number of aromatic nitrogens is 2. The molecule has 0 fully saturated rings. The van der Waals surface area contributed by atoms with E-state index < -0.39 is 0 Å². The number of nitrogens with zero attached hydrogens (tertiary/aromatic N) is 2. The second kappa shape index (κ2) is 7.75. The molecule has 35 heavy (non-hydrogen) atoms. The topological polar surface area (TPSA) is 25.8 Å². The predicted molar refractivity (Wildman–Crippen MR) is 148 cm³/mol. The SMILES string of the molecule is CC(C)c1nc(-c2ccc(C(C)C)c3ccccc23)c2c(n1)C(C)(C)c1ccc3ccccc3c1-2. The molecule has 0 saturated carbocycles. The third kappa shape index (κ3) is 3.16. The Hall–Kier alpha value is -3.52. The van der Waals surface area contributed by atoms with E-state index in [-0.39, 0.29) is 11.3 Å². The van der Waals surface area contributed by atoms with E-state index in [1.54, 1.807) is 0 Å². The summed E-state index contributed by atoms with van der Waals surface area (Å²) in [7, 11) is 0. The van der Waals surface area contributed by atoms with Crippen molar-refractivity contribution in [3.05, 3.63) is 95.4 Å². The van der Waals surface area contributed by atoms with Gasteiger partial charge in [0.15, 0.2) is 0 Å². The average Bonchev–Trinajstić information content (AvgIpc) is 3.09. The highest BCUT2D eigenvalue weighted by Gasteiger charge is 2.41. The molecule has 0 radical (unpaired) electrons. The quantitative estimate of drug-likeness (QED) is 0.271. The van der Waals surface area contributed by atoms with Crippen LogP contribution in [0.5, 0.6) is 0 Å². The Balaban J connectivity index is 1.79. The van der Waals surface area contributed by atoms with Crippen molar-refractivity contribution in [3.63, 3.8) is 0 Å². The Labute approximate surface area is 208 Å². The minimum atomic E-state index is -0.191. The lowest BCUT2D eigenvalue weighted by molar-refractivity contribution is 0.622. The van der Waals surface area contributed by atoms with Crippen LogP contribution in [0, 0.1) is 0 Å². The smallest absolute Gasteiger partial charge is 0.131 e. The van der Waals surface area contributed by atoms with Crippen LogP contribution in [0.15, 0.2) is 72.8 Å². The van der Waals surface area contributed by atoms with Crippen LogP contribution in [-0.4, -0.2) is 9.97 Å². The number of fused-ring (bicyclic) bond motifs is 6. The minimum absolute atomic E-state index is 0.191. The molecule has 0 aliphatic heterocycles. The molecule has 0 amide bonds. The third-order valence-corrected chi connectivity index (χ3v) is 7.72. The molecule has 4 aromatic carbocycles. The molecule has 5 aromatic rings. The zero-order valence-electron chi connectivity index (χ0n) is 21.5. The Morgan fingerprint density at radius 2 is 1.31 bits per heavy atom. The van der Waals surface area contributed by atoms with Crippen molar-refractivity contribution in [2.45, 2.75) is 58.8 Å². The second-order valence-electron chi connectivity index (χ2n) is 11.0. The fourth-order valence-corrected chi connectivity index (χ4v) is 5.84. The molecule has 0 saturated heterocycles. The maximum absolute atomic E-state index is 5.30. The Bertz CT molecular complexity index is 1620. The Kier molecular flexibility index (Phi) is 4.86. The zero-order valence-corrected chi connectivity index (χ0v) is 21.5. The summed E-state index contributed by atoms with van der Waals surface area (Å²) in [5, 5.41) is 5.12. The molecule has 1 aliphatic rings. The van der Waals surface area contributed by atoms with Crippen molar-refractivity contribution in [2.75, 3.05) is 0 Å². The predicted octanol–water partition coefficient (Wildman–Crippen LogP) is 9.00. The van der Waals surface area contributed by atoms with E-state index in [1.807, 2.05) is 0 Å². The van der Waals surface area contributed by atoms with E-state index in [0.717, 1.165) is 17.2 Å². The van der Waals surface area contributed by atoms with Gasteiger partial charge >= 0.3 is 0 Å². The van der Waals surface area contributed by atoms with Gasteiger partial charge in [-0.25, -0.2) is 9.97 Å². The molecule has 6 rings (SSSR count). The lowest BCUT2D eigenvalue weighted by atomic mass is 9.84. The highest BCUT2D eigenvalue weighted by Crippen LogP contribution is 2.54. The molecule has 0 atom stereocenters. The number of benzene rings is 4. The maximum atomic E-state index is 5.30. The molecular weight excluding hydrogens is 424 g/mol. The van der Waals surface area contributed by atoms with Gasteiger partial charge < -0.3 is 0 Å². The van der Waals surface area contributed by atoms with Crippen molar-refractivity contribution in [3.8, 4) is 22.4 Å². The molecule has 2 heteroatoms. The summed E-state index contributed by atoms with van der Waals surface area (Å²) in [4.78, 5) is 10.5. The van der Waals surface area contributed by atoms with E-state index >= 15 is 0 Å². The van der Waals surface area contributed by atoms with Gasteiger partial charge in [0.25, 0.3) is 0 Å². The van der Waals surface area contributed by atoms with Gasteiger partial charge in [-0.05, 0) is 44.2 Å². The molecule has 1 aromatic heterocycles. The van der Waals surface area contributed by atoms with Crippen LogP contribution >= 0.6 is 0 Å². The normalized spacial score (nSPS) is 14.2. The van der Waals surface area contributed by atoms with E-state index in [2.05, 4.69) is 114 Å². The fourth-order valence-electron chi connectivity index (χ4n) is 5.84. The first kappa shape index (κ1) is 22.0. The van der Waals surface area contributed by atoms with Crippen molar-refractivity contribution in [1.29, 1.82) is 0 Å². The van der Waals surface area contributed by atoms with Gasteiger partial charge in [0.1, 0.15) is 5.82 Å². The summed E-state index contributed by atoms with van der Waals surface area (Å²) >= 11 is 0. The summed E-state index contributed by atoms with van der Waals surface area (Å²) in [6.45, 7) is 13.5. The highest BCUT2D eigenvalue weighted by molar-refractivity contribution is 6.08. The lowest BCUT2D eigenvalue weighted by Crippen LogP contribution is -2.18. The standard InChI is InChI=1S/C33H32N2/c1-19(2)22-16-17-26(25-14-10-9-13-24(22)25)30-29-28-23-12-8-7-11-21(23)15-18-27(28)33(5,6)31(29)35-32(34-30)20(3)4/h7-20H,1-6H3. The van der Waals surface area contributed by atoms with Gasteiger partial charge in [-0.1, -0.05) is 114 Å².